The van der Waals surface area contributed by atoms with Gasteiger partial charge in [-0.2, -0.15) is 0 Å². The molecule has 30 heavy (non-hydrogen) atoms. The van der Waals surface area contributed by atoms with Crippen molar-refractivity contribution in [2.75, 3.05) is 11.9 Å². The van der Waals surface area contributed by atoms with Crippen LogP contribution in [0, 0.1) is 13.8 Å². The number of fused-ring (bicyclic) bond motifs is 3. The van der Waals surface area contributed by atoms with Crippen LogP contribution in [-0.4, -0.2) is 32.3 Å². The van der Waals surface area contributed by atoms with Crippen molar-refractivity contribution >= 4 is 33.4 Å². The van der Waals surface area contributed by atoms with Crippen molar-refractivity contribution in [1.82, 2.24) is 9.55 Å². The van der Waals surface area contributed by atoms with Gasteiger partial charge in [-0.05, 0) is 49.2 Å². The third kappa shape index (κ3) is 3.29. The van der Waals surface area contributed by atoms with E-state index in [1.165, 1.54) is 12.3 Å². The minimum atomic E-state index is -0.548. The number of nitrogens with zero attached hydrogens (tertiary/aromatic N) is 2. The minimum absolute atomic E-state index is 0.0699. The summed E-state index contributed by atoms with van der Waals surface area (Å²) in [5.41, 5.74) is 2.78. The minimum Gasteiger partial charge on any atom is -0.506 e. The van der Waals surface area contributed by atoms with Gasteiger partial charge in [-0.15, -0.1) is 0 Å². The van der Waals surface area contributed by atoms with Gasteiger partial charge in [0.05, 0.1) is 17.5 Å². The number of nitrogens with one attached hydrogen (secondary N) is 1. The molecule has 2 aromatic heterocycles. The first-order chi connectivity index (χ1) is 14.4. The van der Waals surface area contributed by atoms with Gasteiger partial charge in [-0.25, -0.2) is 0 Å². The van der Waals surface area contributed by atoms with Crippen molar-refractivity contribution in [1.29, 1.82) is 0 Å². The van der Waals surface area contributed by atoms with E-state index in [1.807, 2.05) is 32.0 Å². The standard InChI is InChI=1S/C23H21N3O4/c1-13-5-6-14(2)18(10-13)25-23(30)17-12-26(8-9-27)21-15-4-3-7-24-20(15)19(28)11-16(21)22(17)29/h3-7,10-12,27-28H,8-9H2,1-2H3,(H,25,30). The van der Waals surface area contributed by atoms with Crippen LogP contribution >= 0.6 is 0 Å². The number of pyridine rings is 2. The zero-order valence-electron chi connectivity index (χ0n) is 16.6. The fraction of sp³-hybridized carbons (Fsp3) is 0.174. The monoisotopic (exact) mass is 403 g/mol. The first-order valence-corrected chi connectivity index (χ1v) is 9.54. The molecule has 7 nitrogen and oxygen atoms in total. The van der Waals surface area contributed by atoms with Crippen LogP contribution in [0.5, 0.6) is 5.75 Å². The van der Waals surface area contributed by atoms with Crippen molar-refractivity contribution in [3.63, 3.8) is 0 Å². The van der Waals surface area contributed by atoms with Crippen LogP contribution in [0.3, 0.4) is 0 Å². The molecule has 2 heterocycles. The van der Waals surface area contributed by atoms with Gasteiger partial charge in [0.15, 0.2) is 0 Å². The van der Waals surface area contributed by atoms with Crippen LogP contribution in [0.25, 0.3) is 21.8 Å². The second-order valence-electron chi connectivity index (χ2n) is 7.25. The number of rotatable bonds is 4. The lowest BCUT2D eigenvalue weighted by atomic mass is 10.1. The molecule has 152 valence electrons. The summed E-state index contributed by atoms with van der Waals surface area (Å²) in [6.45, 7) is 3.78. The summed E-state index contributed by atoms with van der Waals surface area (Å²) in [6.07, 6.45) is 3.00. The summed E-state index contributed by atoms with van der Waals surface area (Å²) >= 11 is 0. The Morgan fingerprint density at radius 2 is 1.97 bits per heavy atom. The highest BCUT2D eigenvalue weighted by molar-refractivity contribution is 6.10. The number of benzene rings is 2. The number of aliphatic hydroxyl groups excluding tert-OH is 1. The van der Waals surface area contributed by atoms with Crippen molar-refractivity contribution in [3.8, 4) is 5.75 Å². The average molecular weight is 403 g/mol. The van der Waals surface area contributed by atoms with Crippen LogP contribution in [-0.2, 0) is 6.54 Å². The largest absolute Gasteiger partial charge is 0.506 e. The normalized spacial score (nSPS) is 11.2. The molecule has 0 spiro atoms. The molecule has 2 aromatic carbocycles. The number of phenols is 1. The molecule has 0 aliphatic rings. The maximum absolute atomic E-state index is 13.2. The number of hydrogen-bond acceptors (Lipinski definition) is 5. The van der Waals surface area contributed by atoms with Gasteiger partial charge in [0.2, 0.25) is 5.43 Å². The molecule has 0 atom stereocenters. The summed E-state index contributed by atoms with van der Waals surface area (Å²) in [4.78, 5) is 30.4. The smallest absolute Gasteiger partial charge is 0.261 e. The summed E-state index contributed by atoms with van der Waals surface area (Å²) in [6, 6.07) is 10.5. The van der Waals surface area contributed by atoms with Crippen molar-refractivity contribution in [2.45, 2.75) is 20.4 Å². The molecule has 3 N–H and O–H groups in total. The molecule has 0 saturated carbocycles. The Kier molecular flexibility index (Phi) is 4.97. The summed E-state index contributed by atoms with van der Waals surface area (Å²) in [7, 11) is 0. The third-order valence-corrected chi connectivity index (χ3v) is 5.13. The fourth-order valence-electron chi connectivity index (χ4n) is 3.63. The van der Waals surface area contributed by atoms with E-state index in [2.05, 4.69) is 10.3 Å². The number of aromatic nitrogens is 2. The summed E-state index contributed by atoms with van der Waals surface area (Å²) < 4.78 is 1.65. The highest BCUT2D eigenvalue weighted by atomic mass is 16.3. The number of aliphatic hydroxyl groups is 1. The number of anilines is 1. The highest BCUT2D eigenvalue weighted by Crippen LogP contribution is 2.30. The van der Waals surface area contributed by atoms with E-state index < -0.39 is 11.3 Å². The van der Waals surface area contributed by atoms with Crippen molar-refractivity contribution in [2.24, 2.45) is 0 Å². The molecule has 4 rings (SSSR count). The van der Waals surface area contributed by atoms with Crippen LogP contribution in [0.4, 0.5) is 5.69 Å². The Hall–Kier alpha value is -3.71. The number of phenolic OH excluding ortho intramolecular Hbond substituents is 1. The topological polar surface area (TPSA) is 104 Å². The number of aromatic hydroxyl groups is 1. The highest BCUT2D eigenvalue weighted by Gasteiger charge is 2.19. The van der Waals surface area contributed by atoms with Gasteiger partial charge >= 0.3 is 0 Å². The zero-order valence-corrected chi connectivity index (χ0v) is 16.6. The second-order valence-corrected chi connectivity index (χ2v) is 7.25. The van der Waals surface area contributed by atoms with Crippen molar-refractivity contribution < 1.29 is 15.0 Å². The molecule has 0 saturated heterocycles. The van der Waals surface area contributed by atoms with Crippen LogP contribution in [0.1, 0.15) is 21.5 Å². The Bertz CT molecular complexity index is 1360. The van der Waals surface area contributed by atoms with E-state index in [0.717, 1.165) is 11.1 Å². The third-order valence-electron chi connectivity index (χ3n) is 5.13. The molecule has 0 aliphatic heterocycles. The maximum atomic E-state index is 13.2. The average Bonchev–Trinajstić information content (AvgIpc) is 2.73. The van der Waals surface area contributed by atoms with Gasteiger partial charge in [0.25, 0.3) is 5.91 Å². The van der Waals surface area contributed by atoms with Gasteiger partial charge in [0, 0.05) is 30.0 Å². The number of aryl methyl sites for hydroxylation is 2. The van der Waals surface area contributed by atoms with Gasteiger partial charge in [-0.3, -0.25) is 14.6 Å². The number of carbonyl (C=O) groups is 1. The lowest BCUT2D eigenvalue weighted by molar-refractivity contribution is 0.102. The van der Waals surface area contributed by atoms with Crippen molar-refractivity contribution in [3.05, 3.63) is 75.7 Å². The lowest BCUT2D eigenvalue weighted by Gasteiger charge is -2.15. The SMILES string of the molecule is Cc1ccc(C)c(NC(=O)c2cn(CCO)c3c(cc(O)c4ncccc43)c2=O)c1. The van der Waals surface area contributed by atoms with Crippen LogP contribution < -0.4 is 10.7 Å². The quantitative estimate of drug-likeness (QED) is 0.454. The number of carbonyl (C=O) groups excluding carboxylic acids is 1. The molecular weight excluding hydrogens is 382 g/mol. The van der Waals surface area contributed by atoms with Gasteiger partial charge in [0.1, 0.15) is 16.8 Å². The molecule has 4 aromatic rings. The number of hydrogen-bond donors (Lipinski definition) is 3. The molecule has 7 heteroatoms. The van der Waals surface area contributed by atoms with Gasteiger partial charge in [-0.1, -0.05) is 12.1 Å². The van der Waals surface area contributed by atoms with Crippen LogP contribution in [0.2, 0.25) is 0 Å². The Morgan fingerprint density at radius 3 is 2.73 bits per heavy atom. The number of amides is 1. The first-order valence-electron chi connectivity index (χ1n) is 9.54. The predicted octanol–water partition coefficient (Wildman–Crippen LogP) is 3.12. The fourth-order valence-corrected chi connectivity index (χ4v) is 3.63. The first kappa shape index (κ1) is 19.6. The van der Waals surface area contributed by atoms with Crippen LogP contribution in [0.15, 0.2) is 53.6 Å². The molecule has 0 aliphatic carbocycles. The van der Waals surface area contributed by atoms with E-state index in [1.54, 1.807) is 22.9 Å². The summed E-state index contributed by atoms with van der Waals surface area (Å²) in [5, 5.41) is 23.5. The van der Waals surface area contributed by atoms with E-state index in [0.29, 0.717) is 22.1 Å². The molecule has 0 bridgehead atoms. The van der Waals surface area contributed by atoms with E-state index in [4.69, 9.17) is 0 Å². The maximum Gasteiger partial charge on any atom is 0.261 e. The summed E-state index contributed by atoms with van der Waals surface area (Å²) in [5.74, 6) is -0.689. The second kappa shape index (κ2) is 7.61. The lowest BCUT2D eigenvalue weighted by Crippen LogP contribution is -2.25. The van der Waals surface area contributed by atoms with Gasteiger partial charge < -0.3 is 20.1 Å². The predicted molar refractivity (Wildman–Crippen MR) is 116 cm³/mol. The molecule has 0 unspecified atom stereocenters. The molecule has 0 fully saturated rings. The van der Waals surface area contributed by atoms with E-state index in [-0.39, 0.29) is 29.9 Å². The Balaban J connectivity index is 1.94. The van der Waals surface area contributed by atoms with E-state index >= 15 is 0 Å². The molecule has 0 radical (unpaired) electrons. The van der Waals surface area contributed by atoms with E-state index in [9.17, 15) is 19.8 Å². The molecular formula is C23H21N3O4. The Morgan fingerprint density at radius 1 is 1.17 bits per heavy atom. The Labute approximate surface area is 172 Å². The zero-order chi connectivity index (χ0) is 21.4. The molecule has 1 amide bonds.